The Morgan fingerprint density at radius 2 is 2.25 bits per heavy atom. The van der Waals surface area contributed by atoms with Crippen LogP contribution in [-0.4, -0.2) is 17.0 Å². The molecule has 1 aliphatic carbocycles. The van der Waals surface area contributed by atoms with E-state index in [4.69, 9.17) is 4.42 Å². The van der Waals surface area contributed by atoms with Gasteiger partial charge in [0, 0.05) is 19.0 Å². The summed E-state index contributed by atoms with van der Waals surface area (Å²) in [6.45, 7) is 2.85. The number of nitrogens with one attached hydrogen (secondary N) is 1. The second-order valence-corrected chi connectivity index (χ2v) is 5.41. The number of rotatable bonds is 4. The zero-order valence-electron chi connectivity index (χ0n) is 11.5. The summed E-state index contributed by atoms with van der Waals surface area (Å²) in [4.78, 5) is 23.5. The maximum absolute atomic E-state index is 11.8. The number of hydrogen-bond donors (Lipinski definition) is 1. The van der Waals surface area contributed by atoms with E-state index in [1.165, 1.54) is 0 Å². The molecule has 1 fully saturated rings. The first-order valence-electron chi connectivity index (χ1n) is 7.03. The van der Waals surface area contributed by atoms with E-state index >= 15 is 0 Å². The lowest BCUT2D eigenvalue weighted by molar-refractivity contribution is -0.127. The first kappa shape index (κ1) is 13.0. The fourth-order valence-electron chi connectivity index (χ4n) is 2.49. The first-order chi connectivity index (χ1) is 9.65. The maximum Gasteiger partial charge on any atom is 0.420 e. The Bertz CT molecular complexity index is 695. The molecule has 0 saturated heterocycles. The van der Waals surface area contributed by atoms with Crippen molar-refractivity contribution in [1.82, 2.24) is 9.88 Å². The maximum atomic E-state index is 11.8. The minimum absolute atomic E-state index is 0.105. The van der Waals surface area contributed by atoms with Crippen LogP contribution in [0.15, 0.2) is 27.4 Å². The van der Waals surface area contributed by atoms with Crippen LogP contribution < -0.4 is 11.1 Å². The summed E-state index contributed by atoms with van der Waals surface area (Å²) in [6, 6.07) is 5.67. The van der Waals surface area contributed by atoms with Gasteiger partial charge in [0.1, 0.15) is 0 Å². The number of carbonyl (C=O) groups excluding carboxylic acids is 1. The quantitative estimate of drug-likeness (QED) is 0.925. The molecular formula is C15H18N2O3. The van der Waals surface area contributed by atoms with Gasteiger partial charge in [-0.2, -0.15) is 0 Å². The van der Waals surface area contributed by atoms with Crippen molar-refractivity contribution in [2.45, 2.75) is 32.7 Å². The number of hydrogen-bond acceptors (Lipinski definition) is 3. The lowest BCUT2D eigenvalue weighted by Crippen LogP contribution is -2.36. The Morgan fingerprint density at radius 3 is 2.95 bits per heavy atom. The fourth-order valence-corrected chi connectivity index (χ4v) is 2.49. The zero-order valence-corrected chi connectivity index (χ0v) is 11.5. The summed E-state index contributed by atoms with van der Waals surface area (Å²) < 4.78 is 6.78. The average Bonchev–Trinajstić information content (AvgIpc) is 2.62. The van der Waals surface area contributed by atoms with Crippen LogP contribution in [0.1, 0.15) is 24.8 Å². The summed E-state index contributed by atoms with van der Waals surface area (Å²) in [5, 5.41) is 2.89. The number of oxazole rings is 1. The number of aryl methyl sites for hydroxylation is 1. The molecule has 5 heteroatoms. The molecule has 0 unspecified atom stereocenters. The Hall–Kier alpha value is -2.04. The molecule has 1 saturated carbocycles. The van der Waals surface area contributed by atoms with Gasteiger partial charge >= 0.3 is 5.76 Å². The predicted molar refractivity (Wildman–Crippen MR) is 75.6 cm³/mol. The molecule has 0 bridgehead atoms. The van der Waals surface area contributed by atoms with Crippen molar-refractivity contribution in [1.29, 1.82) is 0 Å². The Balaban J connectivity index is 1.69. The van der Waals surface area contributed by atoms with Crippen LogP contribution in [0.3, 0.4) is 0 Å². The van der Waals surface area contributed by atoms with E-state index in [2.05, 4.69) is 5.32 Å². The fraction of sp³-hybridized carbons (Fsp3) is 0.467. The highest BCUT2D eigenvalue weighted by Crippen LogP contribution is 2.26. The van der Waals surface area contributed by atoms with Crippen LogP contribution in [-0.2, 0) is 11.3 Å². The van der Waals surface area contributed by atoms with Crippen LogP contribution in [0.2, 0.25) is 0 Å². The van der Waals surface area contributed by atoms with Gasteiger partial charge in [0.2, 0.25) is 5.91 Å². The molecule has 5 nitrogen and oxygen atoms in total. The van der Waals surface area contributed by atoms with Crippen molar-refractivity contribution in [2.75, 3.05) is 6.54 Å². The molecule has 0 atom stereocenters. The van der Waals surface area contributed by atoms with Gasteiger partial charge in [0.25, 0.3) is 0 Å². The second kappa shape index (κ2) is 5.15. The summed E-state index contributed by atoms with van der Waals surface area (Å²) >= 11 is 0. The van der Waals surface area contributed by atoms with E-state index in [1.54, 1.807) is 4.57 Å². The molecule has 106 valence electrons. The molecule has 2 aromatic rings. The van der Waals surface area contributed by atoms with Crippen LogP contribution in [0.4, 0.5) is 0 Å². The van der Waals surface area contributed by atoms with Gasteiger partial charge < -0.3 is 9.73 Å². The molecule has 1 heterocycles. The summed E-state index contributed by atoms with van der Waals surface area (Å²) in [5.41, 5.74) is 2.43. The molecule has 1 aliphatic rings. The van der Waals surface area contributed by atoms with Crippen molar-refractivity contribution in [3.63, 3.8) is 0 Å². The number of benzene rings is 1. The zero-order chi connectivity index (χ0) is 14.1. The topological polar surface area (TPSA) is 64.2 Å². The van der Waals surface area contributed by atoms with E-state index < -0.39 is 0 Å². The number of aromatic nitrogens is 1. The number of fused-ring (bicyclic) bond motifs is 1. The van der Waals surface area contributed by atoms with Gasteiger partial charge in [-0.05, 0) is 37.5 Å². The molecule has 1 aromatic carbocycles. The van der Waals surface area contributed by atoms with Gasteiger partial charge in [-0.25, -0.2) is 4.79 Å². The monoisotopic (exact) mass is 274 g/mol. The van der Waals surface area contributed by atoms with Gasteiger partial charge in [0.15, 0.2) is 5.58 Å². The van der Waals surface area contributed by atoms with E-state index in [0.29, 0.717) is 18.7 Å². The van der Waals surface area contributed by atoms with E-state index in [-0.39, 0.29) is 17.6 Å². The Labute approximate surface area is 116 Å². The lowest BCUT2D eigenvalue weighted by atomic mass is 9.85. The van der Waals surface area contributed by atoms with Gasteiger partial charge in [-0.3, -0.25) is 9.36 Å². The largest absolute Gasteiger partial charge is 0.420 e. The smallest absolute Gasteiger partial charge is 0.408 e. The normalized spacial score (nSPS) is 15.2. The molecule has 0 aliphatic heterocycles. The Morgan fingerprint density at radius 1 is 1.45 bits per heavy atom. The molecule has 20 heavy (non-hydrogen) atoms. The molecule has 1 N–H and O–H groups in total. The minimum atomic E-state index is -0.372. The lowest BCUT2D eigenvalue weighted by Gasteiger charge is -2.23. The van der Waals surface area contributed by atoms with Crippen molar-refractivity contribution in [3.8, 4) is 0 Å². The number of amides is 1. The molecule has 1 amide bonds. The van der Waals surface area contributed by atoms with Crippen molar-refractivity contribution >= 4 is 17.0 Å². The van der Waals surface area contributed by atoms with Gasteiger partial charge in [-0.1, -0.05) is 12.5 Å². The van der Waals surface area contributed by atoms with E-state index in [1.807, 2.05) is 25.1 Å². The summed E-state index contributed by atoms with van der Waals surface area (Å²) in [7, 11) is 0. The molecule has 3 rings (SSSR count). The highest BCUT2D eigenvalue weighted by Gasteiger charge is 2.24. The van der Waals surface area contributed by atoms with Gasteiger partial charge in [-0.15, -0.1) is 0 Å². The SMILES string of the molecule is Cc1ccc2c(c1)oc(=O)n2CCNC(=O)C1CCC1. The van der Waals surface area contributed by atoms with Crippen LogP contribution in [0, 0.1) is 12.8 Å². The molecular weight excluding hydrogens is 256 g/mol. The van der Waals surface area contributed by atoms with Crippen molar-refractivity contribution in [3.05, 3.63) is 34.3 Å². The third-order valence-electron chi connectivity index (χ3n) is 3.93. The number of nitrogens with zero attached hydrogens (tertiary/aromatic N) is 1. The summed E-state index contributed by atoms with van der Waals surface area (Å²) in [5.74, 6) is -0.0908. The predicted octanol–water partition coefficient (Wildman–Crippen LogP) is 1.82. The summed E-state index contributed by atoms with van der Waals surface area (Å²) in [6.07, 6.45) is 3.11. The van der Waals surface area contributed by atoms with Gasteiger partial charge in [0.05, 0.1) is 5.52 Å². The van der Waals surface area contributed by atoms with E-state index in [9.17, 15) is 9.59 Å². The van der Waals surface area contributed by atoms with Crippen LogP contribution in [0.25, 0.3) is 11.1 Å². The van der Waals surface area contributed by atoms with Crippen LogP contribution in [0.5, 0.6) is 0 Å². The van der Waals surface area contributed by atoms with Crippen LogP contribution >= 0.6 is 0 Å². The highest BCUT2D eigenvalue weighted by molar-refractivity contribution is 5.79. The third-order valence-corrected chi connectivity index (χ3v) is 3.93. The average molecular weight is 274 g/mol. The van der Waals surface area contributed by atoms with E-state index in [0.717, 1.165) is 30.3 Å². The first-order valence-corrected chi connectivity index (χ1v) is 7.03. The highest BCUT2D eigenvalue weighted by atomic mass is 16.4. The molecule has 0 radical (unpaired) electrons. The Kier molecular flexibility index (Phi) is 3.34. The second-order valence-electron chi connectivity index (χ2n) is 5.41. The van der Waals surface area contributed by atoms with Crippen molar-refractivity contribution < 1.29 is 9.21 Å². The third kappa shape index (κ3) is 2.35. The molecule has 0 spiro atoms. The standard InChI is InChI=1S/C15H18N2O3/c1-10-5-6-12-13(9-10)20-15(19)17(12)8-7-16-14(18)11-3-2-4-11/h5-6,9,11H,2-4,7-8H2,1H3,(H,16,18). The number of carbonyl (C=O) groups is 1. The van der Waals surface area contributed by atoms with Crippen molar-refractivity contribution in [2.24, 2.45) is 5.92 Å². The minimum Gasteiger partial charge on any atom is -0.408 e. The molecule has 1 aromatic heterocycles.